The lowest BCUT2D eigenvalue weighted by molar-refractivity contribution is 0.993. The standard InChI is InChI=1S/C8H10OS2/c1-4-5(2)7-6(3)10-8(9)11-7/h4-5H,1H2,2-3H3. The van der Waals surface area contributed by atoms with Gasteiger partial charge < -0.3 is 0 Å². The number of hydrogen-bond acceptors (Lipinski definition) is 3. The van der Waals surface area contributed by atoms with Crippen molar-refractivity contribution < 1.29 is 0 Å². The second-order valence-electron chi connectivity index (χ2n) is 2.40. The highest BCUT2D eigenvalue weighted by molar-refractivity contribution is 7.27. The molecule has 0 bridgehead atoms. The Morgan fingerprint density at radius 2 is 2.18 bits per heavy atom. The Morgan fingerprint density at radius 3 is 2.55 bits per heavy atom. The highest BCUT2D eigenvalue weighted by Crippen LogP contribution is 2.25. The summed E-state index contributed by atoms with van der Waals surface area (Å²) < 4.78 is 0.186. The van der Waals surface area contributed by atoms with Crippen LogP contribution in [-0.2, 0) is 0 Å². The average Bonchev–Trinajstić information content (AvgIpc) is 2.28. The molecule has 0 aromatic carbocycles. The van der Waals surface area contributed by atoms with Gasteiger partial charge in [-0.15, -0.1) is 6.58 Å². The van der Waals surface area contributed by atoms with E-state index in [0.717, 1.165) is 9.75 Å². The van der Waals surface area contributed by atoms with Gasteiger partial charge in [0.1, 0.15) is 0 Å². The van der Waals surface area contributed by atoms with Crippen molar-refractivity contribution in [2.75, 3.05) is 0 Å². The van der Waals surface area contributed by atoms with E-state index in [1.54, 1.807) is 0 Å². The van der Waals surface area contributed by atoms with Crippen LogP contribution in [0.2, 0.25) is 0 Å². The molecule has 1 heterocycles. The first-order valence-electron chi connectivity index (χ1n) is 3.38. The van der Waals surface area contributed by atoms with Gasteiger partial charge >= 0.3 is 0 Å². The van der Waals surface area contributed by atoms with E-state index < -0.39 is 0 Å². The molecule has 0 saturated carbocycles. The molecule has 0 aliphatic heterocycles. The maximum Gasteiger partial charge on any atom is 0.287 e. The molecule has 1 rings (SSSR count). The number of hydrogen-bond donors (Lipinski definition) is 0. The summed E-state index contributed by atoms with van der Waals surface area (Å²) >= 11 is 2.67. The lowest BCUT2D eigenvalue weighted by Crippen LogP contribution is -1.85. The fourth-order valence-corrected chi connectivity index (χ4v) is 3.08. The van der Waals surface area contributed by atoms with Crippen LogP contribution in [0.5, 0.6) is 0 Å². The molecule has 1 aromatic rings. The summed E-state index contributed by atoms with van der Waals surface area (Å²) in [5, 5.41) is 0. The molecule has 0 aliphatic carbocycles. The first-order chi connectivity index (χ1) is 5.15. The van der Waals surface area contributed by atoms with E-state index in [2.05, 4.69) is 13.5 Å². The van der Waals surface area contributed by atoms with Crippen LogP contribution in [0, 0.1) is 6.92 Å². The summed E-state index contributed by atoms with van der Waals surface area (Å²) in [6.45, 7) is 7.73. The van der Waals surface area contributed by atoms with Gasteiger partial charge in [-0.25, -0.2) is 0 Å². The second-order valence-corrected chi connectivity index (χ2v) is 4.86. The molecule has 1 nitrogen and oxygen atoms in total. The van der Waals surface area contributed by atoms with Crippen molar-refractivity contribution in [3.8, 4) is 0 Å². The first-order valence-corrected chi connectivity index (χ1v) is 5.01. The smallest absolute Gasteiger partial charge is 0.265 e. The Morgan fingerprint density at radius 1 is 1.55 bits per heavy atom. The molecule has 1 aromatic heterocycles. The zero-order valence-electron chi connectivity index (χ0n) is 6.59. The lowest BCUT2D eigenvalue weighted by Gasteiger charge is -2.01. The van der Waals surface area contributed by atoms with E-state index in [-0.39, 0.29) is 4.06 Å². The van der Waals surface area contributed by atoms with Crippen molar-refractivity contribution in [1.82, 2.24) is 0 Å². The van der Waals surface area contributed by atoms with Crippen LogP contribution in [0.3, 0.4) is 0 Å². The monoisotopic (exact) mass is 186 g/mol. The van der Waals surface area contributed by atoms with Gasteiger partial charge in [-0.1, -0.05) is 35.7 Å². The van der Waals surface area contributed by atoms with Crippen LogP contribution in [0.25, 0.3) is 0 Å². The quantitative estimate of drug-likeness (QED) is 0.649. The molecule has 0 amide bonds. The highest BCUT2D eigenvalue weighted by Gasteiger charge is 2.08. The molecule has 0 radical (unpaired) electrons. The molecule has 1 atom stereocenters. The summed E-state index contributed by atoms with van der Waals surface area (Å²) in [6, 6.07) is 0. The Kier molecular flexibility index (Phi) is 2.62. The van der Waals surface area contributed by atoms with Crippen molar-refractivity contribution in [2.24, 2.45) is 0 Å². The summed E-state index contributed by atoms with van der Waals surface area (Å²) in [6.07, 6.45) is 1.87. The van der Waals surface area contributed by atoms with Gasteiger partial charge in [-0.3, -0.25) is 4.79 Å². The predicted octanol–water partition coefficient (Wildman–Crippen LogP) is 2.77. The van der Waals surface area contributed by atoms with Crippen molar-refractivity contribution in [3.05, 3.63) is 31.3 Å². The van der Waals surface area contributed by atoms with Crippen molar-refractivity contribution >= 4 is 22.7 Å². The topological polar surface area (TPSA) is 17.1 Å². The third kappa shape index (κ3) is 1.79. The Bertz CT molecular complexity index is 308. The van der Waals surface area contributed by atoms with E-state index in [4.69, 9.17) is 0 Å². The van der Waals surface area contributed by atoms with Gasteiger partial charge in [0, 0.05) is 15.7 Å². The third-order valence-electron chi connectivity index (χ3n) is 1.54. The van der Waals surface area contributed by atoms with Crippen molar-refractivity contribution in [1.29, 1.82) is 0 Å². The van der Waals surface area contributed by atoms with Crippen LogP contribution in [0.4, 0.5) is 0 Å². The second kappa shape index (κ2) is 3.32. The van der Waals surface area contributed by atoms with Gasteiger partial charge in [0.05, 0.1) is 0 Å². The van der Waals surface area contributed by atoms with Crippen molar-refractivity contribution in [2.45, 2.75) is 19.8 Å². The fraction of sp³-hybridized carbons (Fsp3) is 0.375. The zero-order chi connectivity index (χ0) is 8.43. The van der Waals surface area contributed by atoms with Crippen LogP contribution >= 0.6 is 22.7 Å². The molecular formula is C8H10OS2. The largest absolute Gasteiger partial charge is 0.287 e. The molecule has 0 spiro atoms. The molecule has 60 valence electrons. The van der Waals surface area contributed by atoms with E-state index in [1.165, 1.54) is 22.7 Å². The van der Waals surface area contributed by atoms with E-state index >= 15 is 0 Å². The SMILES string of the molecule is C=CC(C)c1sc(=O)sc1C. The van der Waals surface area contributed by atoms with Gasteiger partial charge in [0.25, 0.3) is 4.06 Å². The minimum Gasteiger partial charge on any atom is -0.265 e. The zero-order valence-corrected chi connectivity index (χ0v) is 8.22. The number of aryl methyl sites for hydroxylation is 1. The number of allylic oxidation sites excluding steroid dienone is 1. The van der Waals surface area contributed by atoms with Crippen LogP contribution in [0.15, 0.2) is 17.4 Å². The molecule has 0 fully saturated rings. The minimum absolute atomic E-state index is 0.186. The van der Waals surface area contributed by atoms with Crippen LogP contribution in [-0.4, -0.2) is 0 Å². The van der Waals surface area contributed by atoms with Gasteiger partial charge in [-0.05, 0) is 6.92 Å². The maximum atomic E-state index is 10.9. The minimum atomic E-state index is 0.186. The Labute approximate surface area is 74.0 Å². The fourth-order valence-electron chi connectivity index (χ4n) is 0.878. The lowest BCUT2D eigenvalue weighted by atomic mass is 10.1. The highest BCUT2D eigenvalue weighted by atomic mass is 32.2. The molecule has 0 aliphatic rings. The summed E-state index contributed by atoms with van der Waals surface area (Å²) in [5.41, 5.74) is 0. The average molecular weight is 186 g/mol. The molecule has 0 N–H and O–H groups in total. The van der Waals surface area contributed by atoms with E-state index in [9.17, 15) is 4.79 Å². The predicted molar refractivity (Wildman–Crippen MR) is 51.8 cm³/mol. The summed E-state index contributed by atoms with van der Waals surface area (Å²) in [7, 11) is 0. The Balaban J connectivity index is 3.12. The van der Waals surface area contributed by atoms with Gasteiger partial charge in [0.15, 0.2) is 0 Å². The molecule has 0 saturated heterocycles. The van der Waals surface area contributed by atoms with E-state index in [0.29, 0.717) is 5.92 Å². The molecule has 11 heavy (non-hydrogen) atoms. The first kappa shape index (κ1) is 8.68. The van der Waals surface area contributed by atoms with E-state index in [1.807, 2.05) is 13.0 Å². The van der Waals surface area contributed by atoms with Crippen molar-refractivity contribution in [3.63, 3.8) is 0 Å². The van der Waals surface area contributed by atoms with Crippen LogP contribution < -0.4 is 4.06 Å². The van der Waals surface area contributed by atoms with Crippen LogP contribution in [0.1, 0.15) is 22.6 Å². The number of rotatable bonds is 2. The molecular weight excluding hydrogens is 176 g/mol. The molecule has 3 heteroatoms. The Hall–Kier alpha value is -0.410. The normalized spacial score (nSPS) is 12.9. The summed E-state index contributed by atoms with van der Waals surface area (Å²) in [5.74, 6) is 0.318. The maximum absolute atomic E-state index is 10.9. The summed E-state index contributed by atoms with van der Waals surface area (Å²) in [4.78, 5) is 13.2. The molecule has 1 unspecified atom stereocenters. The van der Waals surface area contributed by atoms with Gasteiger partial charge in [0.2, 0.25) is 0 Å². The van der Waals surface area contributed by atoms with Gasteiger partial charge in [-0.2, -0.15) is 0 Å². The third-order valence-corrected chi connectivity index (χ3v) is 3.93.